The smallest absolute Gasteiger partial charge is 0.195 e. The molecule has 0 saturated heterocycles. The molecule has 0 aliphatic heterocycles. The summed E-state index contributed by atoms with van der Waals surface area (Å²) in [5.74, 6) is 2.93. The van der Waals surface area contributed by atoms with E-state index in [2.05, 4.69) is 28.6 Å². The van der Waals surface area contributed by atoms with Crippen LogP contribution in [0.2, 0.25) is 0 Å². The van der Waals surface area contributed by atoms with E-state index in [9.17, 15) is 0 Å². The van der Waals surface area contributed by atoms with Gasteiger partial charge in [-0.2, -0.15) is 5.10 Å². The first-order chi connectivity index (χ1) is 8.20. The first-order valence-electron chi connectivity index (χ1n) is 6.84. The number of nitrogens with one attached hydrogen (secondary N) is 1. The van der Waals surface area contributed by atoms with Gasteiger partial charge in [0.1, 0.15) is 5.82 Å². The zero-order valence-corrected chi connectivity index (χ0v) is 11.7. The largest absolute Gasteiger partial charge is 0.304 e. The van der Waals surface area contributed by atoms with Crippen molar-refractivity contribution in [2.24, 2.45) is 11.8 Å². The van der Waals surface area contributed by atoms with Gasteiger partial charge in [-0.3, -0.25) is 5.10 Å². The number of H-pyrrole nitrogens is 1. The van der Waals surface area contributed by atoms with Crippen LogP contribution in [0.5, 0.6) is 0 Å². The van der Waals surface area contributed by atoms with Crippen LogP contribution in [0, 0.1) is 16.6 Å². The molecule has 0 atom stereocenters. The molecule has 0 bridgehead atoms. The van der Waals surface area contributed by atoms with Gasteiger partial charge in [0.05, 0.1) is 0 Å². The summed E-state index contributed by atoms with van der Waals surface area (Å²) in [5.41, 5.74) is 0. The zero-order valence-electron chi connectivity index (χ0n) is 10.9. The summed E-state index contributed by atoms with van der Waals surface area (Å²) < 4.78 is 2.96. The Labute approximate surface area is 109 Å². The highest BCUT2D eigenvalue weighted by Crippen LogP contribution is 2.30. The lowest BCUT2D eigenvalue weighted by molar-refractivity contribution is 0.268. The van der Waals surface area contributed by atoms with E-state index in [1.165, 1.54) is 32.1 Å². The van der Waals surface area contributed by atoms with Crippen molar-refractivity contribution in [2.45, 2.75) is 58.9 Å². The second-order valence-electron chi connectivity index (χ2n) is 5.36. The summed E-state index contributed by atoms with van der Waals surface area (Å²) in [6, 6.07) is 0. The first-order valence-corrected chi connectivity index (χ1v) is 7.25. The number of aromatic nitrogens is 3. The molecule has 0 radical (unpaired) electrons. The molecule has 96 valence electrons. The first kappa shape index (κ1) is 12.8. The van der Waals surface area contributed by atoms with E-state index < -0.39 is 0 Å². The standard InChI is InChI=1S/C13H23N3S/c1-3-12-14-15-13(17)16(12)9-8-11-6-4-10(2)5-7-11/h10-11H,3-9H2,1-2H3,(H,15,17). The summed E-state index contributed by atoms with van der Waals surface area (Å²) in [6.45, 7) is 5.54. The number of nitrogens with zero attached hydrogens (tertiary/aromatic N) is 2. The molecule has 0 aromatic carbocycles. The van der Waals surface area contributed by atoms with Gasteiger partial charge >= 0.3 is 0 Å². The Balaban J connectivity index is 1.89. The molecule has 1 saturated carbocycles. The molecule has 1 heterocycles. The van der Waals surface area contributed by atoms with Gasteiger partial charge in [-0.15, -0.1) is 0 Å². The molecular weight excluding hydrogens is 230 g/mol. The molecule has 0 spiro atoms. The number of aromatic amines is 1. The predicted molar refractivity (Wildman–Crippen MR) is 72.5 cm³/mol. The topological polar surface area (TPSA) is 33.6 Å². The Morgan fingerprint density at radius 3 is 2.71 bits per heavy atom. The highest BCUT2D eigenvalue weighted by atomic mass is 32.1. The fourth-order valence-electron chi connectivity index (χ4n) is 2.78. The molecule has 1 aromatic rings. The van der Waals surface area contributed by atoms with Crippen molar-refractivity contribution >= 4 is 12.2 Å². The van der Waals surface area contributed by atoms with Gasteiger partial charge < -0.3 is 4.57 Å². The molecule has 2 rings (SSSR count). The molecule has 1 aliphatic rings. The van der Waals surface area contributed by atoms with Gasteiger partial charge in [-0.1, -0.05) is 39.5 Å². The van der Waals surface area contributed by atoms with Gasteiger partial charge in [0, 0.05) is 13.0 Å². The molecule has 1 N–H and O–H groups in total. The van der Waals surface area contributed by atoms with E-state index in [-0.39, 0.29) is 0 Å². The van der Waals surface area contributed by atoms with Crippen LogP contribution in [0.15, 0.2) is 0 Å². The summed E-state index contributed by atoms with van der Waals surface area (Å²) in [7, 11) is 0. The number of hydrogen-bond donors (Lipinski definition) is 1. The van der Waals surface area contributed by atoms with Crippen molar-refractivity contribution in [1.29, 1.82) is 0 Å². The van der Waals surface area contributed by atoms with Crippen LogP contribution in [0.3, 0.4) is 0 Å². The number of rotatable bonds is 4. The second kappa shape index (κ2) is 5.80. The van der Waals surface area contributed by atoms with E-state index in [0.717, 1.165) is 35.4 Å². The lowest BCUT2D eigenvalue weighted by Gasteiger charge is -2.26. The summed E-state index contributed by atoms with van der Waals surface area (Å²) in [4.78, 5) is 0. The Morgan fingerprint density at radius 2 is 2.06 bits per heavy atom. The summed E-state index contributed by atoms with van der Waals surface area (Å²) in [6.07, 6.45) is 7.81. The van der Waals surface area contributed by atoms with Crippen LogP contribution >= 0.6 is 12.2 Å². The van der Waals surface area contributed by atoms with Crippen molar-refractivity contribution in [1.82, 2.24) is 14.8 Å². The Bertz CT molecular complexity index is 399. The van der Waals surface area contributed by atoms with E-state index in [0.29, 0.717) is 0 Å². The van der Waals surface area contributed by atoms with E-state index in [1.54, 1.807) is 0 Å². The van der Waals surface area contributed by atoms with E-state index in [4.69, 9.17) is 12.2 Å². The van der Waals surface area contributed by atoms with Crippen LogP contribution < -0.4 is 0 Å². The highest BCUT2D eigenvalue weighted by molar-refractivity contribution is 7.71. The number of hydrogen-bond acceptors (Lipinski definition) is 2. The van der Waals surface area contributed by atoms with Crippen LogP contribution in [0.4, 0.5) is 0 Å². The molecule has 3 nitrogen and oxygen atoms in total. The third-order valence-electron chi connectivity index (χ3n) is 4.05. The fourth-order valence-corrected chi connectivity index (χ4v) is 3.02. The lowest BCUT2D eigenvalue weighted by Crippen LogP contribution is -2.15. The lowest BCUT2D eigenvalue weighted by atomic mass is 9.81. The van der Waals surface area contributed by atoms with Crippen LogP contribution in [0.1, 0.15) is 51.8 Å². The minimum absolute atomic E-state index is 0.783. The average Bonchev–Trinajstić information content (AvgIpc) is 2.69. The normalized spacial score (nSPS) is 25.1. The zero-order chi connectivity index (χ0) is 12.3. The third kappa shape index (κ3) is 3.18. The van der Waals surface area contributed by atoms with Crippen molar-refractivity contribution in [3.05, 3.63) is 10.6 Å². The Kier molecular flexibility index (Phi) is 4.37. The second-order valence-corrected chi connectivity index (χ2v) is 5.75. The third-order valence-corrected chi connectivity index (χ3v) is 4.36. The van der Waals surface area contributed by atoms with E-state index in [1.807, 2.05) is 0 Å². The van der Waals surface area contributed by atoms with Gasteiger partial charge in [-0.25, -0.2) is 0 Å². The van der Waals surface area contributed by atoms with Crippen molar-refractivity contribution < 1.29 is 0 Å². The van der Waals surface area contributed by atoms with E-state index >= 15 is 0 Å². The molecule has 0 unspecified atom stereocenters. The van der Waals surface area contributed by atoms with Crippen LogP contribution in [-0.2, 0) is 13.0 Å². The van der Waals surface area contributed by atoms with Crippen molar-refractivity contribution in [2.75, 3.05) is 0 Å². The fraction of sp³-hybridized carbons (Fsp3) is 0.846. The Hall–Kier alpha value is -0.640. The predicted octanol–water partition coefficient (Wildman–Crippen LogP) is 3.72. The van der Waals surface area contributed by atoms with Gasteiger partial charge in [0.25, 0.3) is 0 Å². The maximum absolute atomic E-state index is 5.27. The van der Waals surface area contributed by atoms with Gasteiger partial charge in [0.15, 0.2) is 4.77 Å². The SMILES string of the molecule is CCc1n[nH]c(=S)n1CCC1CCC(C)CC1. The quantitative estimate of drug-likeness (QED) is 0.830. The summed E-state index contributed by atoms with van der Waals surface area (Å²) >= 11 is 5.27. The monoisotopic (exact) mass is 253 g/mol. The summed E-state index contributed by atoms with van der Waals surface area (Å²) in [5, 5.41) is 7.15. The number of aryl methyl sites for hydroxylation is 1. The molecule has 1 aromatic heterocycles. The molecule has 1 fully saturated rings. The molecular formula is C13H23N3S. The minimum Gasteiger partial charge on any atom is -0.304 e. The van der Waals surface area contributed by atoms with Crippen molar-refractivity contribution in [3.63, 3.8) is 0 Å². The molecule has 17 heavy (non-hydrogen) atoms. The van der Waals surface area contributed by atoms with Crippen LogP contribution in [-0.4, -0.2) is 14.8 Å². The maximum atomic E-state index is 5.27. The van der Waals surface area contributed by atoms with Crippen LogP contribution in [0.25, 0.3) is 0 Å². The highest BCUT2D eigenvalue weighted by Gasteiger charge is 2.18. The Morgan fingerprint density at radius 1 is 1.35 bits per heavy atom. The molecule has 1 aliphatic carbocycles. The minimum atomic E-state index is 0.783. The molecule has 4 heteroatoms. The van der Waals surface area contributed by atoms with Crippen molar-refractivity contribution in [3.8, 4) is 0 Å². The van der Waals surface area contributed by atoms with Gasteiger partial charge in [0.2, 0.25) is 0 Å². The molecule has 0 amide bonds. The average molecular weight is 253 g/mol. The van der Waals surface area contributed by atoms with Gasteiger partial charge in [-0.05, 0) is 30.5 Å². The maximum Gasteiger partial charge on any atom is 0.195 e.